The monoisotopic (exact) mass is 492 g/mol. The normalized spacial score (nSPS) is 27.2. The standard InChI is InChI=1S/C23H32N4O4S2/c1-15-7-9-19(10-8-15)24-22(28)17-6-3-11-27(13-17)33(29,30)20-12-18(14-32-20)21-25-23(31-26-21)16-4-2-5-16/h12,14-17,19H,2-11,13H2,1H3,(H,24,28)/t15?,17-,19?/m0/s1. The van der Waals surface area contributed by atoms with Gasteiger partial charge in [-0.2, -0.15) is 9.29 Å². The highest BCUT2D eigenvalue weighted by atomic mass is 32.2. The molecule has 0 radical (unpaired) electrons. The number of hydrogen-bond donors (Lipinski definition) is 1. The highest BCUT2D eigenvalue weighted by Crippen LogP contribution is 2.37. The predicted molar refractivity (Wildman–Crippen MR) is 125 cm³/mol. The van der Waals surface area contributed by atoms with E-state index in [0.29, 0.717) is 36.2 Å². The molecule has 3 heterocycles. The lowest BCUT2D eigenvalue weighted by Crippen LogP contribution is -2.48. The summed E-state index contributed by atoms with van der Waals surface area (Å²) in [5.41, 5.74) is 0.658. The molecule has 33 heavy (non-hydrogen) atoms. The Morgan fingerprint density at radius 1 is 1.15 bits per heavy atom. The van der Waals surface area contributed by atoms with Crippen LogP contribution in [0.15, 0.2) is 20.2 Å². The van der Waals surface area contributed by atoms with Crippen LogP contribution in [0.1, 0.15) is 76.5 Å². The molecule has 5 rings (SSSR count). The molecule has 10 heteroatoms. The number of amides is 1. The summed E-state index contributed by atoms with van der Waals surface area (Å²) in [7, 11) is -3.67. The Kier molecular flexibility index (Phi) is 6.59. The number of rotatable bonds is 6. The number of aromatic nitrogens is 2. The van der Waals surface area contributed by atoms with E-state index in [9.17, 15) is 13.2 Å². The second-order valence-corrected chi connectivity index (χ2v) is 13.0. The third kappa shape index (κ3) is 4.88. The van der Waals surface area contributed by atoms with E-state index in [1.807, 2.05) is 0 Å². The molecule has 3 aliphatic rings. The fourth-order valence-electron chi connectivity index (χ4n) is 4.97. The Morgan fingerprint density at radius 3 is 2.67 bits per heavy atom. The van der Waals surface area contributed by atoms with Crippen molar-refractivity contribution in [1.29, 1.82) is 0 Å². The van der Waals surface area contributed by atoms with E-state index in [1.54, 1.807) is 11.4 Å². The van der Waals surface area contributed by atoms with Crippen LogP contribution in [0.5, 0.6) is 0 Å². The third-order valence-electron chi connectivity index (χ3n) is 7.44. The first-order valence-corrected chi connectivity index (χ1v) is 14.4. The molecule has 180 valence electrons. The highest BCUT2D eigenvalue weighted by molar-refractivity contribution is 7.91. The van der Waals surface area contributed by atoms with Crippen LogP contribution in [-0.2, 0) is 14.8 Å². The molecule has 2 saturated carbocycles. The van der Waals surface area contributed by atoms with Gasteiger partial charge in [0.1, 0.15) is 4.21 Å². The molecule has 0 bridgehead atoms. The van der Waals surface area contributed by atoms with Crippen molar-refractivity contribution in [2.75, 3.05) is 13.1 Å². The van der Waals surface area contributed by atoms with Crippen molar-refractivity contribution < 1.29 is 17.7 Å². The lowest BCUT2D eigenvalue weighted by atomic mass is 9.85. The summed E-state index contributed by atoms with van der Waals surface area (Å²) in [6.45, 7) is 2.93. The summed E-state index contributed by atoms with van der Waals surface area (Å²) in [5, 5.41) is 9.00. The first-order valence-electron chi connectivity index (χ1n) is 12.1. The number of nitrogens with zero attached hydrogens (tertiary/aromatic N) is 3. The number of sulfonamides is 1. The zero-order valence-corrected chi connectivity index (χ0v) is 20.7. The van der Waals surface area contributed by atoms with Gasteiger partial charge < -0.3 is 9.84 Å². The molecular weight excluding hydrogens is 460 g/mol. The second-order valence-electron chi connectivity index (χ2n) is 9.91. The zero-order chi connectivity index (χ0) is 23.0. The summed E-state index contributed by atoms with van der Waals surface area (Å²) in [5.74, 6) is 1.84. The molecule has 0 aromatic carbocycles. The summed E-state index contributed by atoms with van der Waals surface area (Å²) in [6, 6.07) is 1.85. The van der Waals surface area contributed by atoms with Crippen molar-refractivity contribution in [3.05, 3.63) is 17.3 Å². The van der Waals surface area contributed by atoms with Gasteiger partial charge in [-0.15, -0.1) is 11.3 Å². The molecule has 0 unspecified atom stereocenters. The summed E-state index contributed by atoms with van der Waals surface area (Å²) in [6.07, 6.45) is 9.02. The number of hydrogen-bond acceptors (Lipinski definition) is 7. The first kappa shape index (κ1) is 23.0. The Balaban J connectivity index is 1.24. The van der Waals surface area contributed by atoms with Gasteiger partial charge in [-0.1, -0.05) is 18.5 Å². The Bertz CT molecular complexity index is 1080. The second kappa shape index (κ2) is 9.46. The van der Waals surface area contributed by atoms with E-state index in [4.69, 9.17) is 4.52 Å². The number of thiophene rings is 1. The lowest BCUT2D eigenvalue weighted by Gasteiger charge is -2.33. The minimum absolute atomic E-state index is 0.00311. The lowest BCUT2D eigenvalue weighted by molar-refractivity contribution is -0.127. The average Bonchev–Trinajstić information content (AvgIpc) is 3.44. The van der Waals surface area contributed by atoms with Gasteiger partial charge in [0.25, 0.3) is 10.0 Å². The molecule has 1 saturated heterocycles. The number of carbonyl (C=O) groups excluding carboxylic acids is 1. The maximum atomic E-state index is 13.3. The molecule has 2 aromatic rings. The molecular formula is C23H32N4O4S2. The summed E-state index contributed by atoms with van der Waals surface area (Å²) < 4.78 is 33.8. The average molecular weight is 493 g/mol. The molecule has 1 atom stereocenters. The minimum atomic E-state index is -3.67. The Morgan fingerprint density at radius 2 is 1.94 bits per heavy atom. The number of nitrogens with one attached hydrogen (secondary N) is 1. The van der Waals surface area contributed by atoms with E-state index in [0.717, 1.165) is 50.9 Å². The van der Waals surface area contributed by atoms with Crippen LogP contribution in [0.2, 0.25) is 0 Å². The highest BCUT2D eigenvalue weighted by Gasteiger charge is 2.35. The van der Waals surface area contributed by atoms with Gasteiger partial charge in [-0.05, 0) is 63.4 Å². The van der Waals surface area contributed by atoms with E-state index < -0.39 is 10.0 Å². The van der Waals surface area contributed by atoms with Crippen LogP contribution in [0.25, 0.3) is 11.4 Å². The van der Waals surface area contributed by atoms with E-state index in [-0.39, 0.29) is 28.6 Å². The third-order valence-corrected chi connectivity index (χ3v) is 10.7. The molecule has 1 amide bonds. The van der Waals surface area contributed by atoms with E-state index in [2.05, 4.69) is 22.4 Å². The fourth-order valence-corrected chi connectivity index (χ4v) is 7.80. The molecule has 3 fully saturated rings. The number of piperidine rings is 1. The van der Waals surface area contributed by atoms with E-state index in [1.165, 1.54) is 22.1 Å². The SMILES string of the molecule is CC1CCC(NC(=O)[C@H]2CCCN(S(=O)(=O)c3cc(-c4noc(C5CCC5)n4)cs3)C2)CC1. The molecule has 1 N–H and O–H groups in total. The smallest absolute Gasteiger partial charge is 0.252 e. The molecule has 1 aliphatic heterocycles. The molecule has 2 aromatic heterocycles. The van der Waals surface area contributed by atoms with Gasteiger partial charge in [0, 0.05) is 36.0 Å². The Hall–Kier alpha value is -1.78. The maximum Gasteiger partial charge on any atom is 0.252 e. The van der Waals surface area contributed by atoms with Crippen LogP contribution in [-0.4, -0.2) is 47.9 Å². The van der Waals surface area contributed by atoms with Gasteiger partial charge in [0.2, 0.25) is 17.6 Å². The zero-order valence-electron chi connectivity index (χ0n) is 19.0. The van der Waals surface area contributed by atoms with Crippen molar-refractivity contribution in [3.63, 3.8) is 0 Å². The quantitative estimate of drug-likeness (QED) is 0.649. The largest absolute Gasteiger partial charge is 0.353 e. The van der Waals surface area contributed by atoms with Crippen LogP contribution < -0.4 is 5.32 Å². The first-order chi connectivity index (χ1) is 15.9. The van der Waals surface area contributed by atoms with Crippen LogP contribution in [0.3, 0.4) is 0 Å². The summed E-state index contributed by atoms with van der Waals surface area (Å²) >= 11 is 1.17. The van der Waals surface area contributed by atoms with Crippen LogP contribution in [0.4, 0.5) is 0 Å². The van der Waals surface area contributed by atoms with Gasteiger partial charge in [0.15, 0.2) is 0 Å². The van der Waals surface area contributed by atoms with Crippen molar-refractivity contribution >= 4 is 27.3 Å². The molecule has 2 aliphatic carbocycles. The molecule has 0 spiro atoms. The van der Waals surface area contributed by atoms with Crippen molar-refractivity contribution in [2.24, 2.45) is 11.8 Å². The molecule has 8 nitrogen and oxygen atoms in total. The predicted octanol–water partition coefficient (Wildman–Crippen LogP) is 4.16. The van der Waals surface area contributed by atoms with Crippen LogP contribution >= 0.6 is 11.3 Å². The van der Waals surface area contributed by atoms with Gasteiger partial charge in [0.05, 0.1) is 5.92 Å². The maximum absolute atomic E-state index is 13.3. The Labute approximate surface area is 199 Å². The fraction of sp³-hybridized carbons (Fsp3) is 0.696. The van der Waals surface area contributed by atoms with Crippen molar-refractivity contribution in [3.8, 4) is 11.4 Å². The number of carbonyl (C=O) groups is 1. The van der Waals surface area contributed by atoms with Crippen molar-refractivity contribution in [2.45, 2.75) is 80.9 Å². The minimum Gasteiger partial charge on any atom is -0.353 e. The topological polar surface area (TPSA) is 105 Å². The van der Waals surface area contributed by atoms with Gasteiger partial charge in [-0.3, -0.25) is 4.79 Å². The summed E-state index contributed by atoms with van der Waals surface area (Å²) in [4.78, 5) is 17.3. The van der Waals surface area contributed by atoms with Crippen LogP contribution in [0, 0.1) is 11.8 Å². The van der Waals surface area contributed by atoms with E-state index >= 15 is 0 Å². The van der Waals surface area contributed by atoms with Gasteiger partial charge >= 0.3 is 0 Å². The van der Waals surface area contributed by atoms with Crippen molar-refractivity contribution in [1.82, 2.24) is 19.8 Å². The van der Waals surface area contributed by atoms with Gasteiger partial charge in [-0.25, -0.2) is 8.42 Å².